The summed E-state index contributed by atoms with van der Waals surface area (Å²) in [4.78, 5) is 4.44. The van der Waals surface area contributed by atoms with Crippen LogP contribution >= 0.6 is 0 Å². The van der Waals surface area contributed by atoms with Gasteiger partial charge in [-0.3, -0.25) is 4.98 Å². The van der Waals surface area contributed by atoms with Gasteiger partial charge >= 0.3 is 0 Å². The quantitative estimate of drug-likeness (QED) is 0.701. The van der Waals surface area contributed by atoms with E-state index in [1.165, 1.54) is 11.1 Å². The lowest BCUT2D eigenvalue weighted by atomic mass is 9.94. The molecule has 1 heterocycles. The molecule has 0 fully saturated rings. The van der Waals surface area contributed by atoms with E-state index in [4.69, 9.17) is 0 Å². The molecule has 0 saturated carbocycles. The maximum Gasteiger partial charge on any atom is 0.0773 e. The fourth-order valence-electron chi connectivity index (χ4n) is 1.87. The third-order valence-electron chi connectivity index (χ3n) is 2.74. The second-order valence-electron chi connectivity index (χ2n) is 3.78. The van der Waals surface area contributed by atoms with Crippen LogP contribution in [0.25, 0.3) is 11.6 Å². The van der Waals surface area contributed by atoms with Crippen LogP contribution in [0.3, 0.4) is 0 Å². The van der Waals surface area contributed by atoms with Crippen molar-refractivity contribution in [2.45, 2.75) is 19.8 Å². The number of aromatic nitrogens is 1. The van der Waals surface area contributed by atoms with Crippen molar-refractivity contribution in [3.05, 3.63) is 53.9 Å². The highest BCUT2D eigenvalue weighted by atomic mass is 14.7. The number of pyridine rings is 1. The first kappa shape index (κ1) is 9.91. The van der Waals surface area contributed by atoms with Crippen LogP contribution in [-0.2, 0) is 0 Å². The van der Waals surface area contributed by atoms with E-state index in [0.717, 1.165) is 24.1 Å². The molecule has 15 heavy (non-hydrogen) atoms. The number of rotatable bonds is 2. The second kappa shape index (κ2) is 4.26. The average molecular weight is 197 g/mol. The van der Waals surface area contributed by atoms with E-state index in [-0.39, 0.29) is 0 Å². The number of hydrogen-bond acceptors (Lipinski definition) is 1. The van der Waals surface area contributed by atoms with Gasteiger partial charge in [0.2, 0.25) is 0 Å². The summed E-state index contributed by atoms with van der Waals surface area (Å²) in [7, 11) is 0. The molecule has 76 valence electrons. The van der Waals surface area contributed by atoms with E-state index in [1.54, 1.807) is 0 Å². The highest BCUT2D eigenvalue weighted by Crippen LogP contribution is 2.28. The lowest BCUT2D eigenvalue weighted by Crippen LogP contribution is -1.96. The summed E-state index contributed by atoms with van der Waals surface area (Å²) in [5.41, 5.74) is 4.84. The van der Waals surface area contributed by atoms with Gasteiger partial charge in [-0.25, -0.2) is 0 Å². The molecule has 0 saturated heterocycles. The second-order valence-corrected chi connectivity index (χ2v) is 3.78. The van der Waals surface area contributed by atoms with Crippen molar-refractivity contribution >= 4 is 11.6 Å². The van der Waals surface area contributed by atoms with Crippen molar-refractivity contribution < 1.29 is 0 Å². The molecular formula is C14H15N. The maximum absolute atomic E-state index is 4.44. The fraction of sp³-hybridized carbons (Fsp3) is 0.214. The van der Waals surface area contributed by atoms with Gasteiger partial charge in [-0.15, -0.1) is 0 Å². The molecular weight excluding hydrogens is 182 g/mol. The van der Waals surface area contributed by atoms with Gasteiger partial charge < -0.3 is 0 Å². The zero-order valence-electron chi connectivity index (χ0n) is 9.03. The zero-order valence-corrected chi connectivity index (χ0v) is 9.03. The standard InChI is InChI=1S/C14H15N/c1-3-12-8-6-10-15-14(12)13-9-5-4-7-11(13)2/h3,5-6,8-10H,1,4,7H2,2H3. The highest BCUT2D eigenvalue weighted by molar-refractivity contribution is 5.80. The SMILES string of the molecule is C=Cc1cccnc1C1=C(C)CCC=C1. The molecule has 1 aromatic heterocycles. The third kappa shape index (κ3) is 1.91. The maximum atomic E-state index is 4.44. The van der Waals surface area contributed by atoms with Gasteiger partial charge in [-0.1, -0.05) is 36.4 Å². The largest absolute Gasteiger partial charge is 0.256 e. The number of nitrogens with zero attached hydrogens (tertiary/aromatic N) is 1. The number of allylic oxidation sites excluding steroid dienone is 4. The molecule has 0 N–H and O–H groups in total. The smallest absolute Gasteiger partial charge is 0.0773 e. The molecule has 1 aliphatic carbocycles. The lowest BCUT2D eigenvalue weighted by molar-refractivity contribution is 0.964. The predicted molar refractivity (Wildman–Crippen MR) is 65.3 cm³/mol. The molecule has 0 amide bonds. The first-order valence-electron chi connectivity index (χ1n) is 5.27. The summed E-state index contributed by atoms with van der Waals surface area (Å²) in [6.07, 6.45) is 10.4. The molecule has 0 aromatic carbocycles. The highest BCUT2D eigenvalue weighted by Gasteiger charge is 2.10. The molecule has 0 atom stereocenters. The van der Waals surface area contributed by atoms with Crippen LogP contribution in [0.2, 0.25) is 0 Å². The van der Waals surface area contributed by atoms with Gasteiger partial charge in [0, 0.05) is 11.8 Å². The summed E-state index contributed by atoms with van der Waals surface area (Å²) in [6.45, 7) is 6.01. The van der Waals surface area contributed by atoms with Gasteiger partial charge in [0.15, 0.2) is 0 Å². The van der Waals surface area contributed by atoms with E-state index in [1.807, 2.05) is 18.3 Å². The Morgan fingerprint density at radius 3 is 3.07 bits per heavy atom. The Hall–Kier alpha value is -1.63. The van der Waals surface area contributed by atoms with Crippen LogP contribution in [0.5, 0.6) is 0 Å². The van der Waals surface area contributed by atoms with E-state index in [0.29, 0.717) is 0 Å². The summed E-state index contributed by atoms with van der Waals surface area (Å²) < 4.78 is 0. The Balaban J connectivity index is 2.53. The monoisotopic (exact) mass is 197 g/mol. The first-order valence-corrected chi connectivity index (χ1v) is 5.27. The lowest BCUT2D eigenvalue weighted by Gasteiger charge is -2.13. The van der Waals surface area contributed by atoms with Gasteiger partial charge in [0.25, 0.3) is 0 Å². The van der Waals surface area contributed by atoms with Gasteiger partial charge in [-0.2, -0.15) is 0 Å². The zero-order chi connectivity index (χ0) is 10.7. The molecule has 0 bridgehead atoms. The van der Waals surface area contributed by atoms with Crippen LogP contribution in [0.4, 0.5) is 0 Å². The van der Waals surface area contributed by atoms with Crippen LogP contribution < -0.4 is 0 Å². The molecule has 0 aliphatic heterocycles. The Labute approximate surface area is 90.9 Å². The minimum Gasteiger partial charge on any atom is -0.256 e. The molecule has 2 rings (SSSR count). The van der Waals surface area contributed by atoms with E-state index in [9.17, 15) is 0 Å². The van der Waals surface area contributed by atoms with Crippen molar-refractivity contribution in [1.82, 2.24) is 4.98 Å². The summed E-state index contributed by atoms with van der Waals surface area (Å²) >= 11 is 0. The molecule has 1 aliphatic rings. The fourth-order valence-corrected chi connectivity index (χ4v) is 1.87. The van der Waals surface area contributed by atoms with Gasteiger partial charge in [0.1, 0.15) is 0 Å². The normalized spacial score (nSPS) is 15.5. The van der Waals surface area contributed by atoms with Crippen molar-refractivity contribution in [2.75, 3.05) is 0 Å². The molecule has 1 aromatic rings. The molecule has 0 spiro atoms. The summed E-state index contributed by atoms with van der Waals surface area (Å²) in [5, 5.41) is 0. The van der Waals surface area contributed by atoms with Crippen molar-refractivity contribution in [2.24, 2.45) is 0 Å². The topological polar surface area (TPSA) is 12.9 Å². The summed E-state index contributed by atoms with van der Waals surface area (Å²) in [6, 6.07) is 4.00. The molecule has 0 radical (unpaired) electrons. The Kier molecular flexibility index (Phi) is 2.82. The summed E-state index contributed by atoms with van der Waals surface area (Å²) in [5.74, 6) is 0. The minimum atomic E-state index is 1.06. The van der Waals surface area contributed by atoms with E-state index >= 15 is 0 Å². The van der Waals surface area contributed by atoms with E-state index in [2.05, 4.69) is 36.7 Å². The van der Waals surface area contributed by atoms with Crippen molar-refractivity contribution in [3.63, 3.8) is 0 Å². The molecule has 0 unspecified atom stereocenters. The van der Waals surface area contributed by atoms with Crippen LogP contribution in [0.15, 0.2) is 42.6 Å². The minimum absolute atomic E-state index is 1.06. The van der Waals surface area contributed by atoms with Crippen molar-refractivity contribution in [3.8, 4) is 0 Å². The van der Waals surface area contributed by atoms with Crippen LogP contribution in [0.1, 0.15) is 31.0 Å². The Morgan fingerprint density at radius 2 is 2.33 bits per heavy atom. The third-order valence-corrected chi connectivity index (χ3v) is 2.74. The first-order chi connectivity index (χ1) is 7.33. The van der Waals surface area contributed by atoms with Gasteiger partial charge in [0.05, 0.1) is 5.69 Å². The Morgan fingerprint density at radius 1 is 1.47 bits per heavy atom. The predicted octanol–water partition coefficient (Wildman–Crippen LogP) is 3.85. The van der Waals surface area contributed by atoms with Crippen LogP contribution in [-0.4, -0.2) is 4.98 Å². The van der Waals surface area contributed by atoms with Crippen molar-refractivity contribution in [1.29, 1.82) is 0 Å². The Bertz CT molecular complexity index is 438. The molecule has 1 nitrogen and oxygen atoms in total. The van der Waals surface area contributed by atoms with E-state index < -0.39 is 0 Å². The molecule has 1 heteroatoms. The number of hydrogen-bond donors (Lipinski definition) is 0. The average Bonchev–Trinajstić information content (AvgIpc) is 2.30. The van der Waals surface area contributed by atoms with Crippen LogP contribution in [0, 0.1) is 0 Å². The van der Waals surface area contributed by atoms with Gasteiger partial charge in [-0.05, 0) is 31.4 Å².